The van der Waals surface area contributed by atoms with E-state index in [1.54, 1.807) is 6.07 Å². The highest BCUT2D eigenvalue weighted by Crippen LogP contribution is 2.11. The lowest BCUT2D eigenvalue weighted by molar-refractivity contribution is 0.100. The molecule has 0 aliphatic heterocycles. The minimum Gasteiger partial charge on any atom is -0.508 e. The third-order valence-corrected chi connectivity index (χ3v) is 1.33. The first-order valence-corrected chi connectivity index (χ1v) is 3.56. The Morgan fingerprint density at radius 2 is 2.33 bits per heavy atom. The Labute approximate surface area is 74.4 Å². The molecule has 0 radical (unpaired) electrons. The second-order valence-electron chi connectivity index (χ2n) is 2.06. The van der Waals surface area contributed by atoms with Crippen molar-refractivity contribution in [2.24, 2.45) is 4.99 Å². The van der Waals surface area contributed by atoms with Gasteiger partial charge in [0.25, 0.3) is 5.91 Å². The Morgan fingerprint density at radius 1 is 1.58 bits per heavy atom. The average molecular weight is 179 g/mol. The molecule has 0 aromatic heterocycles. The zero-order valence-electron chi connectivity index (χ0n) is 6.02. The molecule has 0 saturated carbocycles. The van der Waals surface area contributed by atoms with Crippen LogP contribution < -0.4 is 0 Å². The number of phenolic OH excluding ortho intramolecular Hbond substituents is 1. The second kappa shape index (κ2) is 3.76. The fraction of sp³-hybridized carbons (Fsp3) is 0. The molecule has 4 heteroatoms. The molecular formula is C8H5NO2S. The number of isothiocyanates is 1. The Balaban J connectivity index is 3.03. The van der Waals surface area contributed by atoms with E-state index < -0.39 is 5.91 Å². The summed E-state index contributed by atoms with van der Waals surface area (Å²) in [5.41, 5.74) is 0.298. The van der Waals surface area contributed by atoms with Gasteiger partial charge in [-0.2, -0.15) is 4.99 Å². The maximum Gasteiger partial charge on any atom is 0.285 e. The molecule has 1 rings (SSSR count). The second-order valence-corrected chi connectivity index (χ2v) is 2.24. The molecule has 0 bridgehead atoms. The van der Waals surface area contributed by atoms with Gasteiger partial charge in [0.15, 0.2) is 0 Å². The van der Waals surface area contributed by atoms with Crippen molar-refractivity contribution in [3.63, 3.8) is 0 Å². The molecule has 0 heterocycles. The maximum atomic E-state index is 11.0. The number of phenols is 1. The summed E-state index contributed by atoms with van der Waals surface area (Å²) < 4.78 is 0. The summed E-state index contributed by atoms with van der Waals surface area (Å²) >= 11 is 4.26. The predicted molar refractivity (Wildman–Crippen MR) is 47.5 cm³/mol. The van der Waals surface area contributed by atoms with Gasteiger partial charge in [0, 0.05) is 5.56 Å². The number of hydrogen-bond donors (Lipinski definition) is 1. The summed E-state index contributed by atoms with van der Waals surface area (Å²) in [5, 5.41) is 11.0. The van der Waals surface area contributed by atoms with Crippen LogP contribution in [0.2, 0.25) is 0 Å². The highest BCUT2D eigenvalue weighted by atomic mass is 32.1. The number of aromatic hydroxyl groups is 1. The standard InChI is InChI=1S/C8H5NO2S/c10-7-3-1-2-6(4-7)8(11)9-5-12/h1-4,10H. The molecular weight excluding hydrogens is 174 g/mol. The average Bonchev–Trinajstić information content (AvgIpc) is 2.05. The van der Waals surface area contributed by atoms with Gasteiger partial charge in [0.1, 0.15) is 5.75 Å². The molecule has 0 unspecified atom stereocenters. The molecule has 0 fully saturated rings. The first-order chi connectivity index (χ1) is 5.74. The van der Waals surface area contributed by atoms with Crippen LogP contribution in [-0.2, 0) is 0 Å². The van der Waals surface area contributed by atoms with Crippen LogP contribution in [0.3, 0.4) is 0 Å². The zero-order chi connectivity index (χ0) is 8.97. The number of carbonyl (C=O) groups is 1. The van der Waals surface area contributed by atoms with Crippen molar-refractivity contribution in [3.05, 3.63) is 29.8 Å². The van der Waals surface area contributed by atoms with E-state index in [9.17, 15) is 4.79 Å². The van der Waals surface area contributed by atoms with Gasteiger partial charge in [-0.25, -0.2) is 0 Å². The van der Waals surface area contributed by atoms with Crippen molar-refractivity contribution >= 4 is 23.3 Å². The van der Waals surface area contributed by atoms with Crippen molar-refractivity contribution < 1.29 is 9.90 Å². The third kappa shape index (κ3) is 1.99. The van der Waals surface area contributed by atoms with Gasteiger partial charge in [-0.1, -0.05) is 6.07 Å². The number of benzene rings is 1. The van der Waals surface area contributed by atoms with E-state index in [1.807, 2.05) is 5.16 Å². The van der Waals surface area contributed by atoms with Crippen LogP contribution >= 0.6 is 12.2 Å². The van der Waals surface area contributed by atoms with E-state index in [-0.39, 0.29) is 5.75 Å². The topological polar surface area (TPSA) is 49.7 Å². The van der Waals surface area contributed by atoms with Gasteiger partial charge in [-0.3, -0.25) is 4.79 Å². The fourth-order valence-electron chi connectivity index (χ4n) is 0.745. The molecule has 60 valence electrons. The molecule has 1 aromatic carbocycles. The molecule has 0 aliphatic rings. The summed E-state index contributed by atoms with van der Waals surface area (Å²) in [6, 6.07) is 5.89. The van der Waals surface area contributed by atoms with Crippen molar-refractivity contribution in [2.45, 2.75) is 0 Å². The van der Waals surface area contributed by atoms with E-state index >= 15 is 0 Å². The van der Waals surface area contributed by atoms with Gasteiger partial charge in [0.05, 0.1) is 5.16 Å². The number of nitrogens with zero attached hydrogens (tertiary/aromatic N) is 1. The first-order valence-electron chi connectivity index (χ1n) is 3.15. The maximum absolute atomic E-state index is 11.0. The monoisotopic (exact) mass is 179 g/mol. The van der Waals surface area contributed by atoms with Crippen LogP contribution in [0.5, 0.6) is 5.75 Å². The lowest BCUT2D eigenvalue weighted by Crippen LogP contribution is -1.92. The molecule has 1 aromatic rings. The third-order valence-electron chi connectivity index (χ3n) is 1.24. The van der Waals surface area contributed by atoms with E-state index in [0.29, 0.717) is 5.56 Å². The summed E-state index contributed by atoms with van der Waals surface area (Å²) in [5.74, 6) is -0.471. The predicted octanol–water partition coefficient (Wildman–Crippen LogP) is 1.64. The highest BCUT2D eigenvalue weighted by molar-refractivity contribution is 7.78. The van der Waals surface area contributed by atoms with Crippen LogP contribution in [0, 0.1) is 0 Å². The number of hydrogen-bond acceptors (Lipinski definition) is 3. The molecule has 3 nitrogen and oxygen atoms in total. The Hall–Kier alpha value is -1.51. The first kappa shape index (κ1) is 8.59. The Kier molecular flexibility index (Phi) is 2.69. The van der Waals surface area contributed by atoms with Crippen LogP contribution in [0.15, 0.2) is 29.3 Å². The molecule has 1 N–H and O–H groups in total. The summed E-state index contributed by atoms with van der Waals surface area (Å²) in [6.07, 6.45) is 0. The van der Waals surface area contributed by atoms with Crippen molar-refractivity contribution in [1.29, 1.82) is 0 Å². The van der Waals surface area contributed by atoms with Gasteiger partial charge in [-0.15, -0.1) is 0 Å². The SMILES string of the molecule is O=C(N=C=S)c1cccc(O)c1. The van der Waals surface area contributed by atoms with Gasteiger partial charge in [-0.05, 0) is 30.4 Å². The van der Waals surface area contributed by atoms with Gasteiger partial charge in [0.2, 0.25) is 0 Å². The molecule has 0 atom stereocenters. The molecule has 1 amide bonds. The van der Waals surface area contributed by atoms with Crippen LogP contribution in [0.4, 0.5) is 0 Å². The highest BCUT2D eigenvalue weighted by Gasteiger charge is 2.02. The molecule has 12 heavy (non-hydrogen) atoms. The normalized spacial score (nSPS) is 8.67. The van der Waals surface area contributed by atoms with E-state index in [4.69, 9.17) is 5.11 Å². The quantitative estimate of drug-likeness (QED) is 0.526. The summed E-state index contributed by atoms with van der Waals surface area (Å²) in [7, 11) is 0. The summed E-state index contributed by atoms with van der Waals surface area (Å²) in [6.45, 7) is 0. The zero-order valence-corrected chi connectivity index (χ0v) is 6.84. The van der Waals surface area contributed by atoms with E-state index in [1.165, 1.54) is 18.2 Å². The lowest BCUT2D eigenvalue weighted by Gasteiger charge is -1.93. The van der Waals surface area contributed by atoms with Crippen LogP contribution in [0.25, 0.3) is 0 Å². The Bertz CT molecular complexity index is 356. The van der Waals surface area contributed by atoms with Crippen LogP contribution in [0.1, 0.15) is 10.4 Å². The number of amides is 1. The number of rotatable bonds is 1. The number of aliphatic imine (C=N–C) groups is 1. The molecule has 0 spiro atoms. The number of carbonyl (C=O) groups excluding carboxylic acids is 1. The van der Waals surface area contributed by atoms with Gasteiger partial charge >= 0.3 is 0 Å². The Morgan fingerprint density at radius 3 is 2.92 bits per heavy atom. The number of thiocarbonyl (C=S) groups is 1. The summed E-state index contributed by atoms with van der Waals surface area (Å²) in [4.78, 5) is 14.2. The minimum absolute atomic E-state index is 0.0282. The van der Waals surface area contributed by atoms with Crippen LogP contribution in [-0.4, -0.2) is 16.2 Å². The van der Waals surface area contributed by atoms with Gasteiger partial charge < -0.3 is 5.11 Å². The van der Waals surface area contributed by atoms with Crippen molar-refractivity contribution in [2.75, 3.05) is 0 Å². The smallest absolute Gasteiger partial charge is 0.285 e. The van der Waals surface area contributed by atoms with E-state index in [0.717, 1.165) is 0 Å². The van der Waals surface area contributed by atoms with E-state index in [2.05, 4.69) is 17.2 Å². The van der Waals surface area contributed by atoms with Crippen molar-refractivity contribution in [1.82, 2.24) is 0 Å². The molecule has 0 aliphatic carbocycles. The lowest BCUT2D eigenvalue weighted by atomic mass is 10.2. The largest absolute Gasteiger partial charge is 0.508 e. The fourth-order valence-corrected chi connectivity index (χ4v) is 0.828. The minimum atomic E-state index is -0.499. The van der Waals surface area contributed by atoms with Crippen molar-refractivity contribution in [3.8, 4) is 5.75 Å². The molecule has 0 saturated heterocycles.